The number of nitrogens with zero attached hydrogens (tertiary/aromatic N) is 2. The maximum absolute atomic E-state index is 12.3. The molecule has 0 aromatic carbocycles. The van der Waals surface area contributed by atoms with E-state index in [4.69, 9.17) is 5.73 Å². The van der Waals surface area contributed by atoms with Crippen LogP contribution in [0.3, 0.4) is 0 Å². The summed E-state index contributed by atoms with van der Waals surface area (Å²) in [6, 6.07) is 0. The normalized spacial score (nSPS) is 18.3. The quantitative estimate of drug-likeness (QED) is 0.560. The Morgan fingerprint density at radius 2 is 2.09 bits per heavy atom. The Bertz CT molecular complexity index is 364. The second-order valence-corrected chi connectivity index (χ2v) is 6.94. The lowest BCUT2D eigenvalue weighted by Gasteiger charge is -2.32. The van der Waals surface area contributed by atoms with Gasteiger partial charge in [-0.05, 0) is 25.9 Å². The van der Waals surface area contributed by atoms with Gasteiger partial charge in [-0.3, -0.25) is 9.59 Å². The lowest BCUT2D eigenvalue weighted by atomic mass is 9.97. The van der Waals surface area contributed by atoms with Gasteiger partial charge in [0.15, 0.2) is 0 Å². The summed E-state index contributed by atoms with van der Waals surface area (Å²) >= 11 is 1.69. The molecular formula is C16H32N4O2S. The van der Waals surface area contributed by atoms with Crippen LogP contribution in [0.25, 0.3) is 0 Å². The molecule has 1 aliphatic rings. The Labute approximate surface area is 144 Å². The SMILES string of the molecule is CCN(CC)CCSCC(=O)N1CCCC(C(=O)NCCN)C1. The van der Waals surface area contributed by atoms with E-state index < -0.39 is 0 Å². The molecule has 1 heterocycles. The molecule has 1 fully saturated rings. The summed E-state index contributed by atoms with van der Waals surface area (Å²) in [6.07, 6.45) is 1.76. The van der Waals surface area contributed by atoms with E-state index in [2.05, 4.69) is 24.1 Å². The molecule has 1 saturated heterocycles. The van der Waals surface area contributed by atoms with Gasteiger partial charge in [0.1, 0.15) is 0 Å². The predicted molar refractivity (Wildman–Crippen MR) is 96.5 cm³/mol. The second-order valence-electron chi connectivity index (χ2n) is 5.84. The van der Waals surface area contributed by atoms with Gasteiger partial charge in [-0.15, -0.1) is 0 Å². The molecular weight excluding hydrogens is 312 g/mol. The van der Waals surface area contributed by atoms with Gasteiger partial charge in [-0.2, -0.15) is 11.8 Å². The summed E-state index contributed by atoms with van der Waals surface area (Å²) in [4.78, 5) is 28.5. The van der Waals surface area contributed by atoms with Crippen molar-refractivity contribution in [2.75, 3.05) is 57.3 Å². The van der Waals surface area contributed by atoms with Crippen molar-refractivity contribution < 1.29 is 9.59 Å². The van der Waals surface area contributed by atoms with Gasteiger partial charge in [0.2, 0.25) is 11.8 Å². The molecule has 1 unspecified atom stereocenters. The van der Waals surface area contributed by atoms with E-state index in [0.29, 0.717) is 25.4 Å². The maximum Gasteiger partial charge on any atom is 0.232 e. The molecule has 6 nitrogen and oxygen atoms in total. The number of hydrogen-bond donors (Lipinski definition) is 2. The van der Waals surface area contributed by atoms with Gasteiger partial charge in [-0.25, -0.2) is 0 Å². The van der Waals surface area contributed by atoms with E-state index in [1.807, 2.05) is 4.90 Å². The number of amides is 2. The van der Waals surface area contributed by atoms with Crippen LogP contribution in [0.2, 0.25) is 0 Å². The number of rotatable bonds is 10. The summed E-state index contributed by atoms with van der Waals surface area (Å²) in [5, 5.41) is 2.83. The fourth-order valence-electron chi connectivity index (χ4n) is 2.74. The highest BCUT2D eigenvalue weighted by Crippen LogP contribution is 2.17. The van der Waals surface area contributed by atoms with Crippen molar-refractivity contribution in [1.29, 1.82) is 0 Å². The molecule has 3 N–H and O–H groups in total. The molecule has 0 aromatic heterocycles. The molecule has 7 heteroatoms. The maximum atomic E-state index is 12.3. The molecule has 0 aliphatic carbocycles. The third-order valence-corrected chi connectivity index (χ3v) is 5.18. The van der Waals surface area contributed by atoms with Crippen LogP contribution in [0.1, 0.15) is 26.7 Å². The third kappa shape index (κ3) is 7.54. The van der Waals surface area contributed by atoms with Gasteiger partial charge in [0.25, 0.3) is 0 Å². The molecule has 1 atom stereocenters. The lowest BCUT2D eigenvalue weighted by Crippen LogP contribution is -2.46. The number of nitrogens with two attached hydrogens (primary N) is 1. The zero-order valence-corrected chi connectivity index (χ0v) is 15.4. The van der Waals surface area contributed by atoms with Crippen molar-refractivity contribution in [3.63, 3.8) is 0 Å². The smallest absolute Gasteiger partial charge is 0.232 e. The molecule has 134 valence electrons. The highest BCUT2D eigenvalue weighted by Gasteiger charge is 2.27. The van der Waals surface area contributed by atoms with E-state index in [1.54, 1.807) is 11.8 Å². The van der Waals surface area contributed by atoms with Crippen molar-refractivity contribution in [3.05, 3.63) is 0 Å². The van der Waals surface area contributed by atoms with Crippen molar-refractivity contribution in [2.24, 2.45) is 11.7 Å². The first-order valence-electron chi connectivity index (χ1n) is 8.68. The minimum atomic E-state index is -0.0834. The Hall–Kier alpha value is -0.790. The molecule has 0 bridgehead atoms. The number of nitrogens with one attached hydrogen (secondary N) is 1. The van der Waals surface area contributed by atoms with E-state index in [-0.39, 0.29) is 17.7 Å². The monoisotopic (exact) mass is 344 g/mol. The van der Waals surface area contributed by atoms with Crippen LogP contribution in [0.5, 0.6) is 0 Å². The molecule has 0 radical (unpaired) electrons. The topological polar surface area (TPSA) is 78.7 Å². The zero-order chi connectivity index (χ0) is 17.1. The van der Waals surface area contributed by atoms with Crippen LogP contribution >= 0.6 is 11.8 Å². The standard InChI is InChI=1S/C16H32N4O2S/c1-3-19(4-2)10-11-23-13-15(21)20-9-5-6-14(12-20)16(22)18-8-7-17/h14H,3-13,17H2,1-2H3,(H,18,22). The van der Waals surface area contributed by atoms with Crippen LogP contribution in [0.15, 0.2) is 0 Å². The molecule has 1 rings (SSSR count). The molecule has 1 aliphatic heterocycles. The highest BCUT2D eigenvalue weighted by molar-refractivity contribution is 7.99. The number of likely N-dealkylation sites (tertiary alicyclic amines) is 1. The minimum Gasteiger partial charge on any atom is -0.355 e. The van der Waals surface area contributed by atoms with E-state index in [1.165, 1.54) is 0 Å². The lowest BCUT2D eigenvalue weighted by molar-refractivity contribution is -0.133. The van der Waals surface area contributed by atoms with Crippen LogP contribution in [-0.2, 0) is 9.59 Å². The van der Waals surface area contributed by atoms with Crippen LogP contribution in [-0.4, -0.2) is 78.9 Å². The Kier molecular flexibility index (Phi) is 10.3. The fraction of sp³-hybridized carbons (Fsp3) is 0.875. The fourth-order valence-corrected chi connectivity index (χ4v) is 3.63. The summed E-state index contributed by atoms with van der Waals surface area (Å²) in [6.45, 7) is 9.71. The van der Waals surface area contributed by atoms with Gasteiger partial charge >= 0.3 is 0 Å². The number of carbonyl (C=O) groups is 2. The van der Waals surface area contributed by atoms with Gasteiger partial charge in [0.05, 0.1) is 11.7 Å². The first-order chi connectivity index (χ1) is 11.1. The third-order valence-electron chi connectivity index (χ3n) is 4.26. The summed E-state index contributed by atoms with van der Waals surface area (Å²) in [7, 11) is 0. The van der Waals surface area contributed by atoms with Crippen LogP contribution in [0, 0.1) is 5.92 Å². The number of thioether (sulfide) groups is 1. The van der Waals surface area contributed by atoms with E-state index >= 15 is 0 Å². The van der Waals surface area contributed by atoms with E-state index in [0.717, 1.165) is 44.8 Å². The van der Waals surface area contributed by atoms with Gasteiger partial charge in [-0.1, -0.05) is 13.8 Å². The predicted octanol–water partition coefficient (Wildman–Crippen LogP) is 0.375. The van der Waals surface area contributed by atoms with Gasteiger partial charge < -0.3 is 20.9 Å². The average molecular weight is 345 g/mol. The van der Waals surface area contributed by atoms with Crippen LogP contribution in [0.4, 0.5) is 0 Å². The average Bonchev–Trinajstić information content (AvgIpc) is 2.59. The van der Waals surface area contributed by atoms with Gasteiger partial charge in [0, 0.05) is 38.5 Å². The largest absolute Gasteiger partial charge is 0.355 e. The molecule has 0 saturated carbocycles. The molecule has 0 spiro atoms. The second kappa shape index (κ2) is 11.7. The molecule has 23 heavy (non-hydrogen) atoms. The summed E-state index contributed by atoms with van der Waals surface area (Å²) in [5.74, 6) is 1.59. The number of hydrogen-bond acceptors (Lipinski definition) is 5. The number of piperidine rings is 1. The Balaban J connectivity index is 2.28. The first-order valence-corrected chi connectivity index (χ1v) is 9.83. The Morgan fingerprint density at radius 3 is 2.74 bits per heavy atom. The summed E-state index contributed by atoms with van der Waals surface area (Å²) < 4.78 is 0. The Morgan fingerprint density at radius 1 is 1.35 bits per heavy atom. The minimum absolute atomic E-state index is 0.0298. The van der Waals surface area contributed by atoms with Crippen LogP contribution < -0.4 is 11.1 Å². The number of carbonyl (C=O) groups excluding carboxylic acids is 2. The highest BCUT2D eigenvalue weighted by atomic mass is 32.2. The van der Waals surface area contributed by atoms with Crippen molar-refractivity contribution >= 4 is 23.6 Å². The summed E-state index contributed by atoms with van der Waals surface area (Å²) in [5.41, 5.74) is 5.41. The van der Waals surface area contributed by atoms with Crippen molar-refractivity contribution in [1.82, 2.24) is 15.1 Å². The van der Waals surface area contributed by atoms with Crippen molar-refractivity contribution in [2.45, 2.75) is 26.7 Å². The molecule has 2 amide bonds. The first kappa shape index (κ1) is 20.3. The van der Waals surface area contributed by atoms with Crippen molar-refractivity contribution in [3.8, 4) is 0 Å². The molecule has 0 aromatic rings. The zero-order valence-electron chi connectivity index (χ0n) is 14.6. The van der Waals surface area contributed by atoms with E-state index in [9.17, 15) is 9.59 Å².